The molecule has 5 nitrogen and oxygen atoms in total. The molecule has 5 heteroatoms. The maximum Gasteiger partial charge on any atom is 0.410 e. The van der Waals surface area contributed by atoms with Gasteiger partial charge in [-0.3, -0.25) is 4.90 Å². The minimum absolute atomic E-state index is 0.199. The number of benzene rings is 2. The first-order valence-electron chi connectivity index (χ1n) is 11.6. The SMILES string of the molecule is CC(c1ccccc1)[C@]1(CN2CCN(C(=O)OCc3ccccc3)CC2)CCCNC1. The van der Waals surface area contributed by atoms with Gasteiger partial charge in [-0.15, -0.1) is 0 Å². The average Bonchev–Trinajstić information content (AvgIpc) is 2.84. The van der Waals surface area contributed by atoms with Crippen molar-refractivity contribution < 1.29 is 9.53 Å². The lowest BCUT2D eigenvalue weighted by Gasteiger charge is -2.47. The number of piperazine rings is 1. The largest absolute Gasteiger partial charge is 0.445 e. The lowest BCUT2D eigenvalue weighted by atomic mass is 9.68. The van der Waals surface area contributed by atoms with Crippen LogP contribution in [0.15, 0.2) is 60.7 Å². The monoisotopic (exact) mass is 421 g/mol. The standard InChI is InChI=1S/C26H35N3O2/c1-22(24-11-6-3-7-12-24)26(13-8-14-27-20-26)21-28-15-17-29(18-16-28)25(30)31-19-23-9-4-2-5-10-23/h2-7,9-12,22,27H,8,13-21H2,1H3/t22?,26-/m1/s1. The van der Waals surface area contributed by atoms with Crippen LogP contribution in [0, 0.1) is 5.41 Å². The summed E-state index contributed by atoms with van der Waals surface area (Å²) in [6.45, 7) is 9.25. The molecule has 2 aliphatic heterocycles. The molecular weight excluding hydrogens is 386 g/mol. The first-order valence-corrected chi connectivity index (χ1v) is 11.6. The Bertz CT molecular complexity index is 813. The Morgan fingerprint density at radius 1 is 1.03 bits per heavy atom. The van der Waals surface area contributed by atoms with Gasteiger partial charge in [0.2, 0.25) is 0 Å². The molecule has 2 aromatic carbocycles. The lowest BCUT2D eigenvalue weighted by Crippen LogP contribution is -2.55. The number of hydrogen-bond acceptors (Lipinski definition) is 4. The van der Waals surface area contributed by atoms with E-state index in [0.29, 0.717) is 12.5 Å². The molecule has 1 unspecified atom stereocenters. The molecule has 166 valence electrons. The van der Waals surface area contributed by atoms with Gasteiger partial charge in [0.25, 0.3) is 0 Å². The fraction of sp³-hybridized carbons (Fsp3) is 0.500. The number of hydrogen-bond donors (Lipinski definition) is 1. The van der Waals surface area contributed by atoms with E-state index >= 15 is 0 Å². The Kier molecular flexibility index (Phi) is 7.25. The van der Waals surface area contributed by atoms with E-state index in [9.17, 15) is 4.79 Å². The normalized spacial score (nSPS) is 23.3. The van der Waals surface area contributed by atoms with Crippen LogP contribution in [0.3, 0.4) is 0 Å². The number of amides is 1. The van der Waals surface area contributed by atoms with Gasteiger partial charge in [-0.1, -0.05) is 67.6 Å². The van der Waals surface area contributed by atoms with E-state index in [1.807, 2.05) is 35.2 Å². The van der Waals surface area contributed by atoms with Gasteiger partial charge in [-0.05, 0) is 36.4 Å². The van der Waals surface area contributed by atoms with Crippen molar-refractivity contribution in [1.29, 1.82) is 0 Å². The minimum Gasteiger partial charge on any atom is -0.445 e. The van der Waals surface area contributed by atoms with E-state index in [4.69, 9.17) is 4.74 Å². The molecule has 0 saturated carbocycles. The zero-order chi connectivity index (χ0) is 21.5. The van der Waals surface area contributed by atoms with Crippen LogP contribution in [0.2, 0.25) is 0 Å². The van der Waals surface area contributed by atoms with Gasteiger partial charge in [0.15, 0.2) is 0 Å². The number of nitrogens with zero attached hydrogens (tertiary/aromatic N) is 2. The lowest BCUT2D eigenvalue weighted by molar-refractivity contribution is 0.0433. The Labute approximate surface area is 186 Å². The molecule has 2 saturated heterocycles. The van der Waals surface area contributed by atoms with Crippen LogP contribution in [0.1, 0.15) is 36.8 Å². The number of piperidine rings is 1. The molecule has 2 aromatic rings. The Morgan fingerprint density at radius 3 is 2.35 bits per heavy atom. The Hall–Kier alpha value is -2.37. The van der Waals surface area contributed by atoms with Gasteiger partial charge in [-0.25, -0.2) is 4.79 Å². The van der Waals surface area contributed by atoms with E-state index in [2.05, 4.69) is 47.5 Å². The zero-order valence-corrected chi connectivity index (χ0v) is 18.6. The molecule has 0 bridgehead atoms. The predicted octanol–water partition coefficient (Wildman–Crippen LogP) is 4.11. The number of nitrogens with one attached hydrogen (secondary N) is 1. The molecule has 4 rings (SSSR count). The summed E-state index contributed by atoms with van der Waals surface area (Å²) in [5.74, 6) is 0.496. The highest BCUT2D eigenvalue weighted by atomic mass is 16.6. The summed E-state index contributed by atoms with van der Waals surface area (Å²) >= 11 is 0. The van der Waals surface area contributed by atoms with Gasteiger partial charge < -0.3 is 15.0 Å². The number of carbonyl (C=O) groups is 1. The Morgan fingerprint density at radius 2 is 1.71 bits per heavy atom. The molecule has 1 N–H and O–H groups in total. The molecule has 0 radical (unpaired) electrons. The summed E-state index contributed by atoms with van der Waals surface area (Å²) < 4.78 is 5.53. The van der Waals surface area contributed by atoms with Gasteiger partial charge in [0.05, 0.1) is 0 Å². The predicted molar refractivity (Wildman–Crippen MR) is 124 cm³/mol. The van der Waals surface area contributed by atoms with E-state index in [1.165, 1.54) is 18.4 Å². The van der Waals surface area contributed by atoms with Crippen LogP contribution in [-0.2, 0) is 11.3 Å². The molecule has 1 amide bonds. The van der Waals surface area contributed by atoms with E-state index in [0.717, 1.165) is 51.4 Å². The molecule has 2 heterocycles. The van der Waals surface area contributed by atoms with Crippen molar-refractivity contribution in [3.63, 3.8) is 0 Å². The van der Waals surface area contributed by atoms with E-state index in [1.54, 1.807) is 0 Å². The third-order valence-electron chi connectivity index (χ3n) is 7.10. The van der Waals surface area contributed by atoms with Crippen LogP contribution in [-0.4, -0.2) is 61.7 Å². The quantitative estimate of drug-likeness (QED) is 0.762. The second-order valence-corrected chi connectivity index (χ2v) is 9.08. The van der Waals surface area contributed by atoms with Gasteiger partial charge in [-0.2, -0.15) is 0 Å². The van der Waals surface area contributed by atoms with Crippen LogP contribution in [0.5, 0.6) is 0 Å². The molecule has 2 fully saturated rings. The second kappa shape index (κ2) is 10.3. The zero-order valence-electron chi connectivity index (χ0n) is 18.6. The topological polar surface area (TPSA) is 44.8 Å². The van der Waals surface area contributed by atoms with Gasteiger partial charge in [0, 0.05) is 44.7 Å². The third-order valence-corrected chi connectivity index (χ3v) is 7.10. The third kappa shape index (κ3) is 5.46. The van der Waals surface area contributed by atoms with E-state index < -0.39 is 0 Å². The fourth-order valence-electron chi connectivity index (χ4n) is 5.07. The molecule has 31 heavy (non-hydrogen) atoms. The summed E-state index contributed by atoms with van der Waals surface area (Å²) in [7, 11) is 0. The van der Waals surface area contributed by atoms with Crippen molar-refractivity contribution in [3.05, 3.63) is 71.8 Å². The summed E-state index contributed by atoms with van der Waals surface area (Å²) in [6, 6.07) is 20.8. The number of rotatable bonds is 6. The van der Waals surface area contributed by atoms with Crippen molar-refractivity contribution in [2.45, 2.75) is 32.3 Å². The summed E-state index contributed by atoms with van der Waals surface area (Å²) in [5.41, 5.74) is 2.68. The van der Waals surface area contributed by atoms with Crippen LogP contribution in [0.4, 0.5) is 4.79 Å². The molecule has 2 aliphatic rings. The van der Waals surface area contributed by atoms with Crippen molar-refractivity contribution in [1.82, 2.24) is 15.1 Å². The van der Waals surface area contributed by atoms with Crippen molar-refractivity contribution in [2.75, 3.05) is 45.8 Å². The maximum atomic E-state index is 12.5. The minimum atomic E-state index is -0.199. The fourth-order valence-corrected chi connectivity index (χ4v) is 5.07. The van der Waals surface area contributed by atoms with Gasteiger partial charge >= 0.3 is 6.09 Å². The maximum absolute atomic E-state index is 12.5. The second-order valence-electron chi connectivity index (χ2n) is 9.08. The van der Waals surface area contributed by atoms with Crippen LogP contribution < -0.4 is 5.32 Å². The smallest absolute Gasteiger partial charge is 0.410 e. The summed E-state index contributed by atoms with van der Waals surface area (Å²) in [6.07, 6.45) is 2.27. The first-order chi connectivity index (χ1) is 15.2. The Balaban J connectivity index is 1.32. The number of carbonyl (C=O) groups excluding carboxylic acids is 1. The summed E-state index contributed by atoms with van der Waals surface area (Å²) in [5, 5.41) is 3.66. The summed E-state index contributed by atoms with van der Waals surface area (Å²) in [4.78, 5) is 16.9. The highest BCUT2D eigenvalue weighted by Crippen LogP contribution is 2.41. The molecule has 2 atom stereocenters. The first kappa shape index (κ1) is 21.8. The average molecular weight is 422 g/mol. The molecule has 0 aliphatic carbocycles. The van der Waals surface area contributed by atoms with Crippen LogP contribution >= 0.6 is 0 Å². The van der Waals surface area contributed by atoms with Crippen molar-refractivity contribution in [3.8, 4) is 0 Å². The van der Waals surface area contributed by atoms with Crippen LogP contribution in [0.25, 0.3) is 0 Å². The number of ether oxygens (including phenoxy) is 1. The molecular formula is C26H35N3O2. The highest BCUT2D eigenvalue weighted by Gasteiger charge is 2.40. The van der Waals surface area contributed by atoms with Gasteiger partial charge in [0.1, 0.15) is 6.61 Å². The highest BCUT2D eigenvalue weighted by molar-refractivity contribution is 5.67. The molecule has 0 aromatic heterocycles. The van der Waals surface area contributed by atoms with E-state index in [-0.39, 0.29) is 11.5 Å². The van der Waals surface area contributed by atoms with Crippen molar-refractivity contribution in [2.24, 2.45) is 5.41 Å². The van der Waals surface area contributed by atoms with Crippen molar-refractivity contribution >= 4 is 6.09 Å². The molecule has 0 spiro atoms.